The van der Waals surface area contributed by atoms with Crippen molar-refractivity contribution in [2.45, 2.75) is 13.0 Å². The van der Waals surface area contributed by atoms with Crippen LogP contribution in [0.1, 0.15) is 12.0 Å². The quantitative estimate of drug-likeness (QED) is 0.806. The zero-order valence-electron chi connectivity index (χ0n) is 8.21. The third-order valence-corrected chi connectivity index (χ3v) is 1.63. The van der Waals surface area contributed by atoms with E-state index in [1.165, 1.54) is 12.1 Å². The fourth-order valence-electron chi connectivity index (χ4n) is 0.987. The minimum atomic E-state index is -2.98. The molecule has 0 spiro atoms. The predicted octanol–water partition coefficient (Wildman–Crippen LogP) is 2.16. The standard InChI is InChI=1S/C11H9F3O2/c12-10-7-9(16-11(13)14)5-4-8(10)3-1-2-6-15/h4-5,7,11,15H,2,6H2. The van der Waals surface area contributed by atoms with Gasteiger partial charge in [-0.3, -0.25) is 0 Å². The number of halogens is 3. The van der Waals surface area contributed by atoms with Crippen LogP contribution < -0.4 is 4.74 Å². The molecule has 0 unspecified atom stereocenters. The molecule has 1 aromatic rings. The van der Waals surface area contributed by atoms with E-state index < -0.39 is 12.4 Å². The number of hydrogen-bond acceptors (Lipinski definition) is 2. The molecule has 16 heavy (non-hydrogen) atoms. The van der Waals surface area contributed by atoms with Crippen LogP contribution in [0.5, 0.6) is 5.75 Å². The Kier molecular flexibility index (Phi) is 4.67. The predicted molar refractivity (Wildman–Crippen MR) is 51.6 cm³/mol. The number of ether oxygens (including phenoxy) is 1. The minimum Gasteiger partial charge on any atom is -0.435 e. The van der Waals surface area contributed by atoms with Gasteiger partial charge in [0, 0.05) is 12.5 Å². The monoisotopic (exact) mass is 230 g/mol. The van der Waals surface area contributed by atoms with Crippen molar-refractivity contribution in [3.63, 3.8) is 0 Å². The number of benzene rings is 1. The fourth-order valence-corrected chi connectivity index (χ4v) is 0.987. The van der Waals surface area contributed by atoms with Crippen LogP contribution in [0.2, 0.25) is 0 Å². The third kappa shape index (κ3) is 3.83. The van der Waals surface area contributed by atoms with Crippen molar-refractivity contribution < 1.29 is 23.0 Å². The average molecular weight is 230 g/mol. The maximum Gasteiger partial charge on any atom is 0.387 e. The second-order valence-corrected chi connectivity index (χ2v) is 2.80. The van der Waals surface area contributed by atoms with Gasteiger partial charge in [0.05, 0.1) is 12.2 Å². The molecule has 2 nitrogen and oxygen atoms in total. The van der Waals surface area contributed by atoms with E-state index in [-0.39, 0.29) is 24.3 Å². The highest BCUT2D eigenvalue weighted by molar-refractivity contribution is 5.39. The molecule has 86 valence electrons. The van der Waals surface area contributed by atoms with Crippen LogP contribution >= 0.6 is 0 Å². The third-order valence-electron chi connectivity index (χ3n) is 1.63. The summed E-state index contributed by atoms with van der Waals surface area (Å²) in [6.07, 6.45) is 0.231. The Labute approximate surface area is 90.7 Å². The molecular formula is C11H9F3O2. The van der Waals surface area contributed by atoms with Crippen LogP contribution in [-0.2, 0) is 0 Å². The summed E-state index contributed by atoms with van der Waals surface area (Å²) in [5, 5.41) is 8.46. The highest BCUT2D eigenvalue weighted by Gasteiger charge is 2.06. The van der Waals surface area contributed by atoms with Crippen molar-refractivity contribution >= 4 is 0 Å². The first kappa shape index (κ1) is 12.4. The Morgan fingerprint density at radius 3 is 2.69 bits per heavy atom. The van der Waals surface area contributed by atoms with Crippen molar-refractivity contribution in [3.8, 4) is 17.6 Å². The van der Waals surface area contributed by atoms with E-state index in [4.69, 9.17) is 5.11 Å². The number of aliphatic hydroxyl groups excluding tert-OH is 1. The number of hydrogen-bond donors (Lipinski definition) is 1. The summed E-state index contributed by atoms with van der Waals surface area (Å²) in [5.41, 5.74) is 0.0788. The van der Waals surface area contributed by atoms with Gasteiger partial charge in [-0.05, 0) is 12.1 Å². The lowest BCUT2D eigenvalue weighted by atomic mass is 10.2. The summed E-state index contributed by atoms with van der Waals surface area (Å²) in [5.74, 6) is 4.01. The van der Waals surface area contributed by atoms with Gasteiger partial charge < -0.3 is 9.84 Å². The van der Waals surface area contributed by atoms with Gasteiger partial charge in [0.1, 0.15) is 11.6 Å². The van der Waals surface area contributed by atoms with E-state index in [0.717, 1.165) is 6.07 Å². The number of alkyl halides is 2. The Bertz CT molecular complexity index is 407. The summed E-state index contributed by atoms with van der Waals surface area (Å²) in [4.78, 5) is 0. The SMILES string of the molecule is OCCC#Cc1ccc(OC(F)F)cc1F. The molecule has 0 amide bonds. The molecule has 0 radical (unpaired) electrons. The van der Waals surface area contributed by atoms with Crippen molar-refractivity contribution in [3.05, 3.63) is 29.6 Å². The Morgan fingerprint density at radius 1 is 1.38 bits per heavy atom. The van der Waals surface area contributed by atoms with E-state index in [1.807, 2.05) is 0 Å². The van der Waals surface area contributed by atoms with E-state index in [0.29, 0.717) is 0 Å². The van der Waals surface area contributed by atoms with Crippen LogP contribution in [0.4, 0.5) is 13.2 Å². The summed E-state index contributed by atoms with van der Waals surface area (Å²) in [6.45, 7) is -3.09. The molecule has 0 aromatic heterocycles. The fraction of sp³-hybridized carbons (Fsp3) is 0.273. The molecule has 0 fully saturated rings. The van der Waals surface area contributed by atoms with Gasteiger partial charge >= 0.3 is 6.61 Å². The lowest BCUT2D eigenvalue weighted by Gasteiger charge is -2.04. The Hall–Kier alpha value is -1.67. The second kappa shape index (κ2) is 6.03. The summed E-state index contributed by atoms with van der Waals surface area (Å²) >= 11 is 0. The molecule has 0 aliphatic carbocycles. The zero-order chi connectivity index (χ0) is 12.0. The first-order valence-electron chi connectivity index (χ1n) is 4.47. The molecule has 0 aliphatic rings. The smallest absolute Gasteiger partial charge is 0.387 e. The normalized spacial score (nSPS) is 9.81. The molecule has 5 heteroatoms. The molecule has 1 N–H and O–H groups in total. The first-order chi connectivity index (χ1) is 7.63. The van der Waals surface area contributed by atoms with Crippen LogP contribution in [0, 0.1) is 17.7 Å². The van der Waals surface area contributed by atoms with Crippen LogP contribution in [0.25, 0.3) is 0 Å². The number of aliphatic hydroxyl groups is 1. The Morgan fingerprint density at radius 2 is 2.12 bits per heavy atom. The topological polar surface area (TPSA) is 29.5 Å². The molecule has 0 aliphatic heterocycles. The molecule has 0 saturated carbocycles. The maximum atomic E-state index is 13.2. The molecule has 0 atom stereocenters. The average Bonchev–Trinajstić information content (AvgIpc) is 2.20. The molecule has 1 aromatic carbocycles. The van der Waals surface area contributed by atoms with Gasteiger partial charge in [0.15, 0.2) is 0 Å². The van der Waals surface area contributed by atoms with Crippen molar-refractivity contribution in [2.24, 2.45) is 0 Å². The van der Waals surface area contributed by atoms with E-state index >= 15 is 0 Å². The van der Waals surface area contributed by atoms with Crippen molar-refractivity contribution in [1.29, 1.82) is 0 Å². The highest BCUT2D eigenvalue weighted by atomic mass is 19.3. The van der Waals surface area contributed by atoms with Gasteiger partial charge in [-0.1, -0.05) is 11.8 Å². The largest absolute Gasteiger partial charge is 0.435 e. The van der Waals surface area contributed by atoms with Gasteiger partial charge in [0.25, 0.3) is 0 Å². The summed E-state index contributed by atoms with van der Waals surface area (Å²) in [6, 6.07) is 3.30. The highest BCUT2D eigenvalue weighted by Crippen LogP contribution is 2.17. The van der Waals surface area contributed by atoms with Crippen LogP contribution in [-0.4, -0.2) is 18.3 Å². The second-order valence-electron chi connectivity index (χ2n) is 2.80. The number of rotatable bonds is 3. The van der Waals surface area contributed by atoms with Crippen LogP contribution in [0.15, 0.2) is 18.2 Å². The summed E-state index contributed by atoms with van der Waals surface area (Å²) < 4.78 is 40.9. The summed E-state index contributed by atoms with van der Waals surface area (Å²) in [7, 11) is 0. The van der Waals surface area contributed by atoms with Gasteiger partial charge in [0.2, 0.25) is 0 Å². The molecule has 0 saturated heterocycles. The molecular weight excluding hydrogens is 221 g/mol. The lowest BCUT2D eigenvalue weighted by Crippen LogP contribution is -2.02. The van der Waals surface area contributed by atoms with E-state index in [2.05, 4.69) is 16.6 Å². The van der Waals surface area contributed by atoms with Crippen molar-refractivity contribution in [1.82, 2.24) is 0 Å². The van der Waals surface area contributed by atoms with E-state index in [9.17, 15) is 13.2 Å². The minimum absolute atomic E-state index is 0.0788. The van der Waals surface area contributed by atoms with Crippen molar-refractivity contribution in [2.75, 3.05) is 6.61 Å². The zero-order valence-corrected chi connectivity index (χ0v) is 8.21. The van der Waals surface area contributed by atoms with Gasteiger partial charge in [-0.2, -0.15) is 8.78 Å². The molecule has 0 heterocycles. The molecule has 0 bridgehead atoms. The lowest BCUT2D eigenvalue weighted by molar-refractivity contribution is -0.0500. The van der Waals surface area contributed by atoms with Gasteiger partial charge in [-0.15, -0.1) is 0 Å². The maximum absolute atomic E-state index is 13.2. The van der Waals surface area contributed by atoms with Crippen LogP contribution in [0.3, 0.4) is 0 Å². The Balaban J connectivity index is 2.80. The van der Waals surface area contributed by atoms with Gasteiger partial charge in [-0.25, -0.2) is 4.39 Å². The van der Waals surface area contributed by atoms with E-state index in [1.54, 1.807) is 0 Å². The first-order valence-corrected chi connectivity index (χ1v) is 4.47. The molecule has 1 rings (SSSR count).